The van der Waals surface area contributed by atoms with Crippen molar-refractivity contribution in [3.05, 3.63) is 53.3 Å². The minimum atomic E-state index is 0.00964. The van der Waals surface area contributed by atoms with Gasteiger partial charge in [-0.15, -0.1) is 0 Å². The summed E-state index contributed by atoms with van der Waals surface area (Å²) in [6, 6.07) is 13.3. The molecule has 7 heteroatoms. The van der Waals surface area contributed by atoms with Gasteiger partial charge in [-0.25, -0.2) is 4.98 Å². The lowest BCUT2D eigenvalue weighted by Crippen LogP contribution is -2.38. The SMILES string of the molecule is COc1ccccc1NC(=O)C1CCN(Cc2nc3cc(Cl)ccc3n2C)CC1. The van der Waals surface area contributed by atoms with E-state index < -0.39 is 0 Å². The van der Waals surface area contributed by atoms with Gasteiger partial charge in [0.25, 0.3) is 0 Å². The second-order valence-corrected chi connectivity index (χ2v) is 7.90. The molecule has 152 valence electrons. The van der Waals surface area contributed by atoms with Crippen LogP contribution in [0.25, 0.3) is 11.0 Å². The largest absolute Gasteiger partial charge is 0.495 e. The third-order valence-corrected chi connectivity index (χ3v) is 5.86. The minimum absolute atomic E-state index is 0.00964. The highest BCUT2D eigenvalue weighted by Crippen LogP contribution is 2.26. The summed E-state index contributed by atoms with van der Waals surface area (Å²) in [6.07, 6.45) is 1.66. The highest BCUT2D eigenvalue weighted by atomic mass is 35.5. The molecule has 0 atom stereocenters. The average Bonchev–Trinajstić information content (AvgIpc) is 3.03. The lowest BCUT2D eigenvalue weighted by molar-refractivity contribution is -0.121. The molecule has 1 amide bonds. The number of benzene rings is 2. The van der Waals surface area contributed by atoms with Gasteiger partial charge in [0.2, 0.25) is 5.91 Å². The van der Waals surface area contributed by atoms with Crippen molar-refractivity contribution >= 4 is 34.2 Å². The molecule has 2 aromatic carbocycles. The van der Waals surface area contributed by atoms with Crippen LogP contribution in [0.1, 0.15) is 18.7 Å². The first-order valence-corrected chi connectivity index (χ1v) is 10.2. The summed E-state index contributed by atoms with van der Waals surface area (Å²) < 4.78 is 7.44. The van der Waals surface area contributed by atoms with Crippen molar-refractivity contribution in [2.24, 2.45) is 13.0 Å². The number of hydrogen-bond acceptors (Lipinski definition) is 4. The highest BCUT2D eigenvalue weighted by molar-refractivity contribution is 6.31. The van der Waals surface area contributed by atoms with E-state index in [1.165, 1.54) is 0 Å². The zero-order valence-corrected chi connectivity index (χ0v) is 17.4. The molecule has 1 aliphatic rings. The number of fused-ring (bicyclic) bond motifs is 1. The summed E-state index contributed by atoms with van der Waals surface area (Å²) in [7, 11) is 3.64. The summed E-state index contributed by atoms with van der Waals surface area (Å²) in [4.78, 5) is 19.8. The summed E-state index contributed by atoms with van der Waals surface area (Å²) in [6.45, 7) is 2.51. The van der Waals surface area contributed by atoms with Gasteiger partial charge in [-0.3, -0.25) is 9.69 Å². The van der Waals surface area contributed by atoms with E-state index >= 15 is 0 Å². The van der Waals surface area contributed by atoms with Crippen LogP contribution in [0.5, 0.6) is 5.75 Å². The first-order valence-electron chi connectivity index (χ1n) is 9.82. The Hall–Kier alpha value is -2.57. The second-order valence-electron chi connectivity index (χ2n) is 7.46. The van der Waals surface area contributed by atoms with Crippen LogP contribution in [-0.2, 0) is 18.4 Å². The molecule has 2 heterocycles. The van der Waals surface area contributed by atoms with E-state index in [0.717, 1.165) is 55.0 Å². The highest BCUT2D eigenvalue weighted by Gasteiger charge is 2.26. The van der Waals surface area contributed by atoms with Gasteiger partial charge in [0.05, 0.1) is 30.4 Å². The molecule has 29 heavy (non-hydrogen) atoms. The number of carbonyl (C=O) groups is 1. The number of nitrogens with one attached hydrogen (secondary N) is 1. The number of para-hydroxylation sites is 2. The maximum atomic E-state index is 12.7. The molecule has 0 radical (unpaired) electrons. The maximum absolute atomic E-state index is 12.7. The van der Waals surface area contributed by atoms with Gasteiger partial charge in [0.1, 0.15) is 11.6 Å². The number of nitrogens with zero attached hydrogens (tertiary/aromatic N) is 3. The Bertz CT molecular complexity index is 1020. The molecule has 6 nitrogen and oxygen atoms in total. The Labute approximate surface area is 175 Å². The number of methoxy groups -OCH3 is 1. The third-order valence-electron chi connectivity index (χ3n) is 5.62. The van der Waals surface area contributed by atoms with Crippen LogP contribution in [0.4, 0.5) is 5.69 Å². The van der Waals surface area contributed by atoms with Crippen molar-refractivity contribution in [2.45, 2.75) is 19.4 Å². The lowest BCUT2D eigenvalue weighted by atomic mass is 9.95. The first kappa shape index (κ1) is 19.7. The van der Waals surface area contributed by atoms with Gasteiger partial charge in [-0.05, 0) is 56.3 Å². The molecule has 1 fully saturated rings. The maximum Gasteiger partial charge on any atom is 0.227 e. The first-order chi connectivity index (χ1) is 14.0. The van der Waals surface area contributed by atoms with E-state index in [9.17, 15) is 4.79 Å². The van der Waals surface area contributed by atoms with E-state index in [1.54, 1.807) is 7.11 Å². The number of aryl methyl sites for hydroxylation is 1. The zero-order chi connectivity index (χ0) is 20.4. The Balaban J connectivity index is 1.36. The van der Waals surface area contributed by atoms with Gasteiger partial charge in [-0.2, -0.15) is 0 Å². The van der Waals surface area contributed by atoms with Crippen molar-refractivity contribution in [2.75, 3.05) is 25.5 Å². The molecular formula is C22H25ClN4O2. The number of halogens is 1. The fourth-order valence-electron chi connectivity index (χ4n) is 3.90. The Morgan fingerprint density at radius 2 is 2.00 bits per heavy atom. The molecule has 1 saturated heterocycles. The number of rotatable bonds is 5. The van der Waals surface area contributed by atoms with Gasteiger partial charge >= 0.3 is 0 Å². The third kappa shape index (κ3) is 4.23. The van der Waals surface area contributed by atoms with E-state index in [4.69, 9.17) is 21.3 Å². The Kier molecular flexibility index (Phi) is 5.74. The van der Waals surface area contributed by atoms with Crippen molar-refractivity contribution in [3.8, 4) is 5.75 Å². The predicted octanol–water partition coefficient (Wildman–Crippen LogP) is 4.09. The number of imidazole rings is 1. The number of hydrogen-bond donors (Lipinski definition) is 1. The van der Waals surface area contributed by atoms with Crippen LogP contribution in [0.2, 0.25) is 5.02 Å². The normalized spacial score (nSPS) is 15.6. The van der Waals surface area contributed by atoms with Gasteiger partial charge in [-0.1, -0.05) is 23.7 Å². The topological polar surface area (TPSA) is 59.4 Å². The van der Waals surface area contributed by atoms with E-state index in [0.29, 0.717) is 10.8 Å². The number of amides is 1. The van der Waals surface area contributed by atoms with Crippen LogP contribution in [-0.4, -0.2) is 40.6 Å². The van der Waals surface area contributed by atoms with E-state index in [2.05, 4.69) is 14.8 Å². The number of aromatic nitrogens is 2. The van der Waals surface area contributed by atoms with Gasteiger partial charge < -0.3 is 14.6 Å². The molecule has 1 aliphatic heterocycles. The molecular weight excluding hydrogens is 388 g/mol. The fourth-order valence-corrected chi connectivity index (χ4v) is 4.07. The average molecular weight is 413 g/mol. The standard InChI is InChI=1S/C22H25ClN4O2/c1-26-19-8-7-16(23)13-18(19)24-21(26)14-27-11-9-15(10-12-27)22(28)25-17-5-3-4-6-20(17)29-2/h3-8,13,15H,9-12,14H2,1-2H3,(H,25,28). The zero-order valence-electron chi connectivity index (χ0n) is 16.7. The number of likely N-dealkylation sites (tertiary alicyclic amines) is 1. The van der Waals surface area contributed by atoms with Crippen LogP contribution in [0, 0.1) is 5.92 Å². The van der Waals surface area contributed by atoms with Crippen LogP contribution in [0.3, 0.4) is 0 Å². The summed E-state index contributed by atoms with van der Waals surface area (Å²) in [5.74, 6) is 1.77. The molecule has 0 bridgehead atoms. The van der Waals surface area contributed by atoms with Crippen LogP contribution in [0.15, 0.2) is 42.5 Å². The quantitative estimate of drug-likeness (QED) is 0.685. The molecule has 0 saturated carbocycles. The summed E-state index contributed by atoms with van der Waals surface area (Å²) >= 11 is 6.09. The predicted molar refractivity (Wildman–Crippen MR) is 115 cm³/mol. The second kappa shape index (κ2) is 8.43. The molecule has 0 aliphatic carbocycles. The van der Waals surface area contributed by atoms with Crippen molar-refractivity contribution in [1.29, 1.82) is 0 Å². The number of anilines is 1. The van der Waals surface area contributed by atoms with Crippen LogP contribution < -0.4 is 10.1 Å². The number of carbonyl (C=O) groups excluding carboxylic acids is 1. The van der Waals surface area contributed by atoms with Gasteiger partial charge in [0, 0.05) is 18.0 Å². The molecule has 4 rings (SSSR count). The van der Waals surface area contributed by atoms with Crippen LogP contribution >= 0.6 is 11.6 Å². The molecule has 1 aromatic heterocycles. The fraction of sp³-hybridized carbons (Fsp3) is 0.364. The summed E-state index contributed by atoms with van der Waals surface area (Å²) in [5.41, 5.74) is 2.72. The molecule has 0 unspecified atom stereocenters. The Morgan fingerprint density at radius 1 is 1.24 bits per heavy atom. The number of piperidine rings is 1. The van der Waals surface area contributed by atoms with E-state index in [1.807, 2.05) is 49.5 Å². The van der Waals surface area contributed by atoms with Crippen molar-refractivity contribution in [1.82, 2.24) is 14.5 Å². The summed E-state index contributed by atoms with van der Waals surface area (Å²) in [5, 5.41) is 3.71. The smallest absolute Gasteiger partial charge is 0.227 e. The number of ether oxygens (including phenoxy) is 1. The molecule has 3 aromatic rings. The van der Waals surface area contributed by atoms with Crippen molar-refractivity contribution in [3.63, 3.8) is 0 Å². The monoisotopic (exact) mass is 412 g/mol. The van der Waals surface area contributed by atoms with Gasteiger partial charge in [0.15, 0.2) is 0 Å². The Morgan fingerprint density at radius 3 is 2.76 bits per heavy atom. The van der Waals surface area contributed by atoms with Crippen molar-refractivity contribution < 1.29 is 9.53 Å². The molecule has 0 spiro atoms. The molecule has 1 N–H and O–H groups in total. The lowest BCUT2D eigenvalue weighted by Gasteiger charge is -2.31. The minimum Gasteiger partial charge on any atom is -0.495 e. The van der Waals surface area contributed by atoms with E-state index in [-0.39, 0.29) is 11.8 Å².